The number of para-hydroxylation sites is 4. The predicted octanol–water partition coefficient (Wildman–Crippen LogP) is 2.97. The van der Waals surface area contributed by atoms with Gasteiger partial charge < -0.3 is 25.0 Å². The lowest BCUT2D eigenvalue weighted by molar-refractivity contribution is -0.114. The van der Waals surface area contributed by atoms with Crippen molar-refractivity contribution in [1.29, 1.82) is 0 Å². The van der Waals surface area contributed by atoms with Crippen LogP contribution in [0.3, 0.4) is 0 Å². The molecule has 0 radical (unpaired) electrons. The average Bonchev–Trinajstić information content (AvgIpc) is 2.69. The van der Waals surface area contributed by atoms with Crippen LogP contribution < -0.4 is 20.3 Å². The topological polar surface area (TPSA) is 62.8 Å². The molecule has 1 aliphatic heterocycles. The Labute approximate surface area is 154 Å². The number of benzene rings is 2. The van der Waals surface area contributed by atoms with E-state index < -0.39 is 0 Å². The molecule has 0 atom stereocenters. The molecule has 26 heavy (non-hydrogen) atoms. The van der Waals surface area contributed by atoms with E-state index in [1.807, 2.05) is 49.4 Å². The van der Waals surface area contributed by atoms with E-state index in [4.69, 9.17) is 9.47 Å². The SMILES string of the molecule is CCOc1ccccc1NC(=O)CNc1ccccc1N1CCOCC1. The minimum atomic E-state index is -0.117. The number of hydrogen-bond acceptors (Lipinski definition) is 5. The van der Waals surface area contributed by atoms with E-state index >= 15 is 0 Å². The Morgan fingerprint density at radius 3 is 2.54 bits per heavy atom. The van der Waals surface area contributed by atoms with Crippen LogP contribution in [0.15, 0.2) is 48.5 Å². The Hall–Kier alpha value is -2.73. The average molecular weight is 355 g/mol. The maximum atomic E-state index is 12.4. The fourth-order valence-electron chi connectivity index (χ4n) is 2.92. The molecule has 0 spiro atoms. The van der Waals surface area contributed by atoms with Gasteiger partial charge in [-0.15, -0.1) is 0 Å². The molecule has 1 heterocycles. The number of anilines is 3. The molecule has 1 fully saturated rings. The van der Waals surface area contributed by atoms with Crippen LogP contribution in [0.5, 0.6) is 5.75 Å². The lowest BCUT2D eigenvalue weighted by Crippen LogP contribution is -2.36. The summed E-state index contributed by atoms with van der Waals surface area (Å²) in [6.45, 7) is 5.81. The summed E-state index contributed by atoms with van der Waals surface area (Å²) >= 11 is 0. The lowest BCUT2D eigenvalue weighted by Gasteiger charge is -2.30. The summed E-state index contributed by atoms with van der Waals surface area (Å²) < 4.78 is 11.0. The van der Waals surface area contributed by atoms with Crippen molar-refractivity contribution >= 4 is 23.0 Å². The highest BCUT2D eigenvalue weighted by Crippen LogP contribution is 2.26. The first-order valence-electron chi connectivity index (χ1n) is 8.95. The number of ether oxygens (including phenoxy) is 2. The van der Waals surface area contributed by atoms with E-state index in [2.05, 4.69) is 21.6 Å². The van der Waals surface area contributed by atoms with Gasteiger partial charge in [0.05, 0.1) is 43.4 Å². The Morgan fingerprint density at radius 2 is 1.77 bits per heavy atom. The highest BCUT2D eigenvalue weighted by molar-refractivity contribution is 5.95. The van der Waals surface area contributed by atoms with Crippen molar-refractivity contribution < 1.29 is 14.3 Å². The van der Waals surface area contributed by atoms with Gasteiger partial charge in [0.1, 0.15) is 5.75 Å². The molecule has 1 saturated heterocycles. The number of nitrogens with one attached hydrogen (secondary N) is 2. The molecule has 2 aromatic carbocycles. The number of nitrogens with zero attached hydrogens (tertiary/aromatic N) is 1. The van der Waals surface area contributed by atoms with E-state index in [-0.39, 0.29) is 12.5 Å². The van der Waals surface area contributed by atoms with Gasteiger partial charge in [-0.05, 0) is 31.2 Å². The van der Waals surface area contributed by atoms with Crippen molar-refractivity contribution in [2.75, 3.05) is 55.0 Å². The van der Waals surface area contributed by atoms with Crippen molar-refractivity contribution in [2.45, 2.75) is 6.92 Å². The molecule has 138 valence electrons. The Bertz CT molecular complexity index is 730. The molecule has 1 aliphatic rings. The van der Waals surface area contributed by atoms with E-state index in [0.717, 1.165) is 37.7 Å². The molecular formula is C20H25N3O3. The second kappa shape index (κ2) is 9.10. The van der Waals surface area contributed by atoms with Gasteiger partial charge in [-0.1, -0.05) is 24.3 Å². The van der Waals surface area contributed by atoms with Crippen LogP contribution in [0, 0.1) is 0 Å². The summed E-state index contributed by atoms with van der Waals surface area (Å²) in [7, 11) is 0. The number of carbonyl (C=O) groups excluding carboxylic acids is 1. The molecule has 0 bridgehead atoms. The monoisotopic (exact) mass is 355 g/mol. The summed E-state index contributed by atoms with van der Waals surface area (Å²) in [4.78, 5) is 14.6. The third-order valence-corrected chi connectivity index (χ3v) is 4.16. The van der Waals surface area contributed by atoms with Crippen molar-refractivity contribution in [2.24, 2.45) is 0 Å². The van der Waals surface area contributed by atoms with Gasteiger partial charge in [0.25, 0.3) is 0 Å². The molecule has 6 nitrogen and oxygen atoms in total. The standard InChI is InChI=1S/C20H25N3O3/c1-2-26-19-10-6-4-8-17(19)22-20(24)15-21-16-7-3-5-9-18(16)23-11-13-25-14-12-23/h3-10,21H,2,11-15H2,1H3,(H,22,24). The Morgan fingerprint density at radius 1 is 1.08 bits per heavy atom. The number of morpholine rings is 1. The largest absolute Gasteiger partial charge is 0.492 e. The van der Waals surface area contributed by atoms with Gasteiger partial charge in [-0.25, -0.2) is 0 Å². The van der Waals surface area contributed by atoms with Gasteiger partial charge in [0, 0.05) is 13.1 Å². The van der Waals surface area contributed by atoms with Crippen molar-refractivity contribution in [3.8, 4) is 5.75 Å². The van der Waals surface area contributed by atoms with Crippen LogP contribution in [0.4, 0.5) is 17.1 Å². The van der Waals surface area contributed by atoms with Crippen molar-refractivity contribution in [3.05, 3.63) is 48.5 Å². The molecule has 0 unspecified atom stereocenters. The molecule has 1 amide bonds. The first kappa shape index (κ1) is 18.1. The van der Waals surface area contributed by atoms with Gasteiger partial charge in [-0.2, -0.15) is 0 Å². The second-order valence-electron chi connectivity index (χ2n) is 5.95. The third kappa shape index (κ3) is 4.67. The van der Waals surface area contributed by atoms with E-state index in [0.29, 0.717) is 18.0 Å². The van der Waals surface area contributed by atoms with E-state index in [9.17, 15) is 4.79 Å². The quantitative estimate of drug-likeness (QED) is 0.799. The van der Waals surface area contributed by atoms with Gasteiger partial charge >= 0.3 is 0 Å². The lowest BCUT2D eigenvalue weighted by atomic mass is 10.2. The van der Waals surface area contributed by atoms with Gasteiger partial charge in [0.2, 0.25) is 5.91 Å². The fraction of sp³-hybridized carbons (Fsp3) is 0.350. The minimum absolute atomic E-state index is 0.117. The highest BCUT2D eigenvalue weighted by atomic mass is 16.5. The number of amides is 1. The third-order valence-electron chi connectivity index (χ3n) is 4.16. The molecular weight excluding hydrogens is 330 g/mol. The van der Waals surface area contributed by atoms with Crippen molar-refractivity contribution in [1.82, 2.24) is 0 Å². The van der Waals surface area contributed by atoms with Crippen molar-refractivity contribution in [3.63, 3.8) is 0 Å². The summed E-state index contributed by atoms with van der Waals surface area (Å²) in [5.74, 6) is 0.561. The smallest absolute Gasteiger partial charge is 0.243 e. The van der Waals surface area contributed by atoms with Crippen LogP contribution in [0.25, 0.3) is 0 Å². The summed E-state index contributed by atoms with van der Waals surface area (Å²) in [6, 6.07) is 15.5. The molecule has 6 heteroatoms. The molecule has 0 saturated carbocycles. The first-order valence-corrected chi connectivity index (χ1v) is 8.95. The van der Waals surface area contributed by atoms with Crippen LogP contribution in [0.2, 0.25) is 0 Å². The number of rotatable bonds is 7. The van der Waals surface area contributed by atoms with E-state index in [1.54, 1.807) is 0 Å². The Kier molecular flexibility index (Phi) is 6.33. The van der Waals surface area contributed by atoms with Crippen LogP contribution in [-0.4, -0.2) is 45.4 Å². The zero-order valence-corrected chi connectivity index (χ0v) is 15.0. The highest BCUT2D eigenvalue weighted by Gasteiger charge is 2.15. The van der Waals surface area contributed by atoms with Crippen LogP contribution in [-0.2, 0) is 9.53 Å². The van der Waals surface area contributed by atoms with Gasteiger partial charge in [-0.3, -0.25) is 4.79 Å². The second-order valence-corrected chi connectivity index (χ2v) is 5.95. The predicted molar refractivity (Wildman–Crippen MR) is 104 cm³/mol. The van der Waals surface area contributed by atoms with Gasteiger partial charge in [0.15, 0.2) is 0 Å². The molecule has 3 rings (SSSR count). The zero-order valence-electron chi connectivity index (χ0n) is 15.0. The summed E-state index contributed by atoms with van der Waals surface area (Å²) in [5.41, 5.74) is 2.73. The maximum absolute atomic E-state index is 12.4. The first-order chi connectivity index (χ1) is 12.8. The van der Waals surface area contributed by atoms with Crippen LogP contribution in [0.1, 0.15) is 6.92 Å². The summed E-state index contributed by atoms with van der Waals surface area (Å²) in [5, 5.41) is 6.15. The molecule has 2 aromatic rings. The molecule has 0 aromatic heterocycles. The zero-order chi connectivity index (χ0) is 18.2. The molecule has 0 aliphatic carbocycles. The summed E-state index contributed by atoms with van der Waals surface area (Å²) in [6.07, 6.45) is 0. The Balaban J connectivity index is 1.62. The van der Waals surface area contributed by atoms with Crippen LogP contribution >= 0.6 is 0 Å². The number of carbonyl (C=O) groups is 1. The molecule has 2 N–H and O–H groups in total. The van der Waals surface area contributed by atoms with E-state index in [1.165, 1.54) is 0 Å². The fourth-order valence-corrected chi connectivity index (χ4v) is 2.92. The normalized spacial score (nSPS) is 14.0. The number of hydrogen-bond donors (Lipinski definition) is 2. The maximum Gasteiger partial charge on any atom is 0.243 e. The minimum Gasteiger partial charge on any atom is -0.492 e.